The van der Waals surface area contributed by atoms with Crippen LogP contribution in [0.2, 0.25) is 10.0 Å². The normalized spacial score (nSPS) is 10.7. The molecule has 0 radical (unpaired) electrons. The molecule has 0 heterocycles. The summed E-state index contributed by atoms with van der Waals surface area (Å²) in [6, 6.07) is 12.0. The Morgan fingerprint density at radius 2 is 1.65 bits per heavy atom. The minimum absolute atomic E-state index is 0.304. The van der Waals surface area contributed by atoms with E-state index in [0.717, 1.165) is 6.08 Å². The van der Waals surface area contributed by atoms with Crippen LogP contribution in [0.5, 0.6) is 11.5 Å². The molecule has 2 aromatic carbocycles. The molecule has 2 aromatic rings. The fourth-order valence-corrected chi connectivity index (χ4v) is 2.09. The van der Waals surface area contributed by atoms with Crippen molar-refractivity contribution in [1.29, 1.82) is 0 Å². The second-order valence-corrected chi connectivity index (χ2v) is 5.38. The lowest BCUT2D eigenvalue weighted by atomic mass is 10.2. The number of carbonyl (C=O) groups is 1. The number of carboxylic acids is 1. The van der Waals surface area contributed by atoms with Crippen molar-refractivity contribution in [1.82, 2.24) is 0 Å². The predicted octanol–water partition coefficient (Wildman–Crippen LogP) is 4.55. The van der Waals surface area contributed by atoms with E-state index in [-0.39, 0.29) is 0 Å². The van der Waals surface area contributed by atoms with Gasteiger partial charge >= 0.3 is 5.97 Å². The number of hydrogen-bond donors (Lipinski definition) is 1. The molecule has 120 valence electrons. The molecule has 0 aliphatic heterocycles. The molecule has 0 atom stereocenters. The minimum atomic E-state index is -1.04. The lowest BCUT2D eigenvalue weighted by Crippen LogP contribution is -2.09. The number of rotatable bonds is 7. The summed E-state index contributed by atoms with van der Waals surface area (Å²) < 4.78 is 11.1. The van der Waals surface area contributed by atoms with E-state index in [1.807, 2.05) is 0 Å². The van der Waals surface area contributed by atoms with Crippen LogP contribution in [0.15, 0.2) is 48.5 Å². The molecular weight excluding hydrogens is 339 g/mol. The van der Waals surface area contributed by atoms with Gasteiger partial charge in [0.2, 0.25) is 0 Å². The average Bonchev–Trinajstić information content (AvgIpc) is 2.52. The fraction of sp³-hybridized carbons (Fsp3) is 0.118. The number of halogens is 2. The molecule has 0 unspecified atom stereocenters. The third kappa shape index (κ3) is 5.85. The molecule has 1 N–H and O–H groups in total. The van der Waals surface area contributed by atoms with E-state index >= 15 is 0 Å². The van der Waals surface area contributed by atoms with E-state index in [1.165, 1.54) is 6.08 Å². The smallest absolute Gasteiger partial charge is 0.328 e. The van der Waals surface area contributed by atoms with Crippen molar-refractivity contribution < 1.29 is 19.4 Å². The first kappa shape index (κ1) is 17.2. The molecule has 4 nitrogen and oxygen atoms in total. The highest BCUT2D eigenvalue weighted by Gasteiger charge is 2.03. The lowest BCUT2D eigenvalue weighted by molar-refractivity contribution is -0.131. The fourth-order valence-electron chi connectivity index (χ4n) is 1.78. The highest BCUT2D eigenvalue weighted by atomic mass is 35.5. The van der Waals surface area contributed by atoms with E-state index in [4.69, 9.17) is 37.8 Å². The van der Waals surface area contributed by atoms with Gasteiger partial charge in [0.1, 0.15) is 24.7 Å². The van der Waals surface area contributed by atoms with Crippen LogP contribution >= 0.6 is 23.2 Å². The predicted molar refractivity (Wildman–Crippen MR) is 90.6 cm³/mol. The van der Waals surface area contributed by atoms with Gasteiger partial charge in [0.25, 0.3) is 0 Å². The molecule has 0 amide bonds. The third-order valence-electron chi connectivity index (χ3n) is 2.80. The molecule has 0 saturated heterocycles. The Bertz CT molecular complexity index is 696. The minimum Gasteiger partial charge on any atom is -0.490 e. The molecule has 23 heavy (non-hydrogen) atoms. The van der Waals surface area contributed by atoms with Crippen molar-refractivity contribution in [3.8, 4) is 11.5 Å². The molecule has 0 aromatic heterocycles. The summed E-state index contributed by atoms with van der Waals surface area (Å²) in [7, 11) is 0. The van der Waals surface area contributed by atoms with Gasteiger partial charge in [-0.3, -0.25) is 0 Å². The van der Waals surface area contributed by atoms with Crippen molar-refractivity contribution in [3.05, 3.63) is 64.1 Å². The summed E-state index contributed by atoms with van der Waals surface area (Å²) in [5, 5.41) is 9.85. The Morgan fingerprint density at radius 3 is 2.35 bits per heavy atom. The first-order valence-electron chi connectivity index (χ1n) is 6.76. The van der Waals surface area contributed by atoms with Crippen molar-refractivity contribution in [2.45, 2.75) is 0 Å². The topological polar surface area (TPSA) is 55.8 Å². The van der Waals surface area contributed by atoms with Gasteiger partial charge in [-0.2, -0.15) is 0 Å². The summed E-state index contributed by atoms with van der Waals surface area (Å²) >= 11 is 11.7. The second-order valence-electron chi connectivity index (χ2n) is 4.50. The van der Waals surface area contributed by atoms with Gasteiger partial charge < -0.3 is 14.6 Å². The zero-order chi connectivity index (χ0) is 16.7. The van der Waals surface area contributed by atoms with Crippen molar-refractivity contribution in [3.63, 3.8) is 0 Å². The number of aliphatic carboxylic acids is 1. The summed E-state index contributed by atoms with van der Waals surface area (Å²) in [5.41, 5.74) is 0.589. The average molecular weight is 353 g/mol. The maximum Gasteiger partial charge on any atom is 0.328 e. The summed E-state index contributed by atoms with van der Waals surface area (Å²) in [4.78, 5) is 10.6. The van der Waals surface area contributed by atoms with E-state index in [9.17, 15) is 4.79 Å². The van der Waals surface area contributed by atoms with Gasteiger partial charge in [0.05, 0.1) is 0 Å². The molecule has 0 spiro atoms. The van der Waals surface area contributed by atoms with Crippen LogP contribution in [0, 0.1) is 0 Å². The standard InChI is InChI=1S/C17H14Cl2O4/c18-13-2-5-15(6-3-13)22-9-10-23-16-7-4-14(19)11-12(16)1-8-17(20)21/h1-8,11H,9-10H2,(H,20,21). The van der Waals surface area contributed by atoms with E-state index in [1.54, 1.807) is 42.5 Å². The van der Waals surface area contributed by atoms with Gasteiger partial charge in [0, 0.05) is 21.7 Å². The Kier molecular flexibility index (Phi) is 6.32. The Labute approximate surface area is 143 Å². The van der Waals surface area contributed by atoms with Crippen LogP contribution in [0.1, 0.15) is 5.56 Å². The molecule has 0 fully saturated rings. The molecule has 0 aliphatic carbocycles. The van der Waals surface area contributed by atoms with Gasteiger partial charge in [-0.05, 0) is 48.5 Å². The largest absolute Gasteiger partial charge is 0.490 e. The molecular formula is C17H14Cl2O4. The highest BCUT2D eigenvalue weighted by molar-refractivity contribution is 6.31. The quantitative estimate of drug-likeness (QED) is 0.586. The summed E-state index contributed by atoms with van der Waals surface area (Å²) in [5.74, 6) is 0.189. The number of carboxylic acid groups (broad SMARTS) is 1. The first-order valence-corrected chi connectivity index (χ1v) is 7.52. The highest BCUT2D eigenvalue weighted by Crippen LogP contribution is 2.24. The van der Waals surface area contributed by atoms with Crippen LogP contribution in [0.3, 0.4) is 0 Å². The van der Waals surface area contributed by atoms with Crippen molar-refractivity contribution >= 4 is 35.2 Å². The van der Waals surface area contributed by atoms with Gasteiger partial charge in [-0.15, -0.1) is 0 Å². The van der Waals surface area contributed by atoms with Crippen LogP contribution in [0.25, 0.3) is 6.08 Å². The molecule has 2 rings (SSSR count). The number of benzene rings is 2. The van der Waals surface area contributed by atoms with Crippen LogP contribution < -0.4 is 9.47 Å². The zero-order valence-corrected chi connectivity index (χ0v) is 13.6. The van der Waals surface area contributed by atoms with E-state index in [0.29, 0.717) is 40.3 Å². The number of hydrogen-bond acceptors (Lipinski definition) is 3. The second kappa shape index (κ2) is 8.46. The van der Waals surface area contributed by atoms with Crippen LogP contribution in [-0.4, -0.2) is 24.3 Å². The SMILES string of the molecule is O=C(O)C=Cc1cc(Cl)ccc1OCCOc1ccc(Cl)cc1. The van der Waals surface area contributed by atoms with E-state index < -0.39 is 5.97 Å². The first-order chi connectivity index (χ1) is 11.0. The lowest BCUT2D eigenvalue weighted by Gasteiger charge is -2.11. The molecule has 0 aliphatic rings. The number of ether oxygens (including phenoxy) is 2. The molecule has 6 heteroatoms. The summed E-state index contributed by atoms with van der Waals surface area (Å²) in [6.07, 6.45) is 2.46. The maximum absolute atomic E-state index is 10.6. The Balaban J connectivity index is 1.92. The molecule has 0 bridgehead atoms. The molecule has 0 saturated carbocycles. The maximum atomic E-state index is 10.6. The van der Waals surface area contributed by atoms with Crippen LogP contribution in [-0.2, 0) is 4.79 Å². The van der Waals surface area contributed by atoms with Crippen molar-refractivity contribution in [2.24, 2.45) is 0 Å². The van der Waals surface area contributed by atoms with Gasteiger partial charge in [0.15, 0.2) is 0 Å². The Hall–Kier alpha value is -2.17. The third-order valence-corrected chi connectivity index (χ3v) is 3.29. The zero-order valence-electron chi connectivity index (χ0n) is 12.0. The van der Waals surface area contributed by atoms with Crippen molar-refractivity contribution in [2.75, 3.05) is 13.2 Å². The summed E-state index contributed by atoms with van der Waals surface area (Å²) in [6.45, 7) is 0.643. The van der Waals surface area contributed by atoms with Gasteiger partial charge in [-0.1, -0.05) is 23.2 Å². The van der Waals surface area contributed by atoms with E-state index in [2.05, 4.69) is 0 Å². The monoisotopic (exact) mass is 352 g/mol. The van der Waals surface area contributed by atoms with Gasteiger partial charge in [-0.25, -0.2) is 4.79 Å². The Morgan fingerprint density at radius 1 is 1.00 bits per heavy atom. The van der Waals surface area contributed by atoms with Crippen LogP contribution in [0.4, 0.5) is 0 Å².